The van der Waals surface area contributed by atoms with E-state index in [-0.39, 0.29) is 11.9 Å². The van der Waals surface area contributed by atoms with Crippen molar-refractivity contribution in [2.75, 3.05) is 12.4 Å². The van der Waals surface area contributed by atoms with E-state index in [1.54, 1.807) is 31.6 Å². The summed E-state index contributed by atoms with van der Waals surface area (Å²) in [5.41, 5.74) is 1.35. The summed E-state index contributed by atoms with van der Waals surface area (Å²) in [7, 11) is 1.74. The molecule has 0 aliphatic heterocycles. The highest BCUT2D eigenvalue weighted by molar-refractivity contribution is 5.98. The van der Waals surface area contributed by atoms with Gasteiger partial charge < -0.3 is 10.6 Å². The van der Waals surface area contributed by atoms with Crippen molar-refractivity contribution >= 4 is 11.7 Å². The first-order valence-electron chi connectivity index (χ1n) is 6.07. The standard InChI is InChI=1S/C14H16N4O/c1-10(12-7-3-4-8-16-12)18-14(19)11-6-5-9-17-13(11)15-2/h3-10H,1-2H3,(H,15,17)(H,18,19). The van der Waals surface area contributed by atoms with Crippen LogP contribution in [0.3, 0.4) is 0 Å². The minimum Gasteiger partial charge on any atom is -0.372 e. The van der Waals surface area contributed by atoms with Crippen molar-refractivity contribution in [1.29, 1.82) is 0 Å². The summed E-state index contributed by atoms with van der Waals surface area (Å²) < 4.78 is 0. The minimum absolute atomic E-state index is 0.154. The van der Waals surface area contributed by atoms with Crippen molar-refractivity contribution in [1.82, 2.24) is 15.3 Å². The second-order valence-corrected chi connectivity index (χ2v) is 4.10. The molecule has 2 aromatic rings. The number of nitrogens with zero attached hydrogens (tertiary/aromatic N) is 2. The summed E-state index contributed by atoms with van der Waals surface area (Å²) in [6.07, 6.45) is 3.35. The van der Waals surface area contributed by atoms with Gasteiger partial charge in [-0.25, -0.2) is 4.98 Å². The average Bonchev–Trinajstić information content (AvgIpc) is 2.48. The molecule has 0 saturated heterocycles. The molecule has 2 N–H and O–H groups in total. The molecule has 98 valence electrons. The van der Waals surface area contributed by atoms with E-state index in [1.165, 1.54) is 0 Å². The first-order chi connectivity index (χ1) is 9.22. The van der Waals surface area contributed by atoms with Crippen LogP contribution < -0.4 is 10.6 Å². The molecule has 0 aliphatic carbocycles. The maximum Gasteiger partial charge on any atom is 0.255 e. The van der Waals surface area contributed by atoms with Crippen LogP contribution in [-0.2, 0) is 0 Å². The molecule has 1 amide bonds. The summed E-state index contributed by atoms with van der Waals surface area (Å²) in [6.45, 7) is 1.90. The largest absolute Gasteiger partial charge is 0.372 e. The average molecular weight is 256 g/mol. The topological polar surface area (TPSA) is 66.9 Å². The van der Waals surface area contributed by atoms with E-state index >= 15 is 0 Å². The lowest BCUT2D eigenvalue weighted by molar-refractivity contribution is 0.0939. The second kappa shape index (κ2) is 5.95. The Balaban J connectivity index is 2.13. The number of carbonyl (C=O) groups excluding carboxylic acids is 1. The van der Waals surface area contributed by atoms with E-state index in [4.69, 9.17) is 0 Å². The molecule has 5 nitrogen and oxygen atoms in total. The molecule has 0 aliphatic rings. The predicted molar refractivity (Wildman–Crippen MR) is 73.9 cm³/mol. The van der Waals surface area contributed by atoms with Crippen molar-refractivity contribution in [3.63, 3.8) is 0 Å². The van der Waals surface area contributed by atoms with Crippen LogP contribution in [0.15, 0.2) is 42.7 Å². The molecule has 1 unspecified atom stereocenters. The third-order valence-corrected chi connectivity index (χ3v) is 2.77. The smallest absolute Gasteiger partial charge is 0.255 e. The Hall–Kier alpha value is -2.43. The van der Waals surface area contributed by atoms with Crippen molar-refractivity contribution < 1.29 is 4.79 Å². The molecular formula is C14H16N4O. The minimum atomic E-state index is -0.171. The monoisotopic (exact) mass is 256 g/mol. The summed E-state index contributed by atoms with van der Waals surface area (Å²) >= 11 is 0. The molecule has 0 saturated carbocycles. The maximum absolute atomic E-state index is 12.2. The van der Waals surface area contributed by atoms with Crippen LogP contribution in [0.2, 0.25) is 0 Å². The van der Waals surface area contributed by atoms with Gasteiger partial charge in [0.05, 0.1) is 17.3 Å². The van der Waals surface area contributed by atoms with Crippen molar-refractivity contribution in [3.05, 3.63) is 54.0 Å². The molecule has 2 aromatic heterocycles. The second-order valence-electron chi connectivity index (χ2n) is 4.10. The zero-order valence-corrected chi connectivity index (χ0v) is 10.9. The molecule has 2 heterocycles. The lowest BCUT2D eigenvalue weighted by Gasteiger charge is -2.14. The Morgan fingerprint density at radius 2 is 1.95 bits per heavy atom. The lowest BCUT2D eigenvalue weighted by Crippen LogP contribution is -2.28. The third kappa shape index (κ3) is 3.07. The van der Waals surface area contributed by atoms with Crippen LogP contribution in [0.1, 0.15) is 29.0 Å². The maximum atomic E-state index is 12.2. The Kier molecular flexibility index (Phi) is 4.07. The fraction of sp³-hybridized carbons (Fsp3) is 0.214. The summed E-state index contributed by atoms with van der Waals surface area (Å²) in [5, 5.41) is 5.81. The molecule has 0 aromatic carbocycles. The van der Waals surface area contributed by atoms with Crippen LogP contribution in [0, 0.1) is 0 Å². The highest BCUT2D eigenvalue weighted by Crippen LogP contribution is 2.13. The first-order valence-corrected chi connectivity index (χ1v) is 6.07. The fourth-order valence-electron chi connectivity index (χ4n) is 1.77. The van der Waals surface area contributed by atoms with Gasteiger partial charge in [-0.2, -0.15) is 0 Å². The fourth-order valence-corrected chi connectivity index (χ4v) is 1.77. The van der Waals surface area contributed by atoms with Crippen molar-refractivity contribution in [2.24, 2.45) is 0 Å². The van der Waals surface area contributed by atoms with Gasteiger partial charge in [-0.3, -0.25) is 9.78 Å². The molecular weight excluding hydrogens is 240 g/mol. The number of hydrogen-bond donors (Lipinski definition) is 2. The molecule has 19 heavy (non-hydrogen) atoms. The van der Waals surface area contributed by atoms with E-state index in [9.17, 15) is 4.79 Å². The molecule has 0 bridgehead atoms. The molecule has 0 fully saturated rings. The van der Waals surface area contributed by atoms with Gasteiger partial charge in [0.2, 0.25) is 0 Å². The number of pyridine rings is 2. The normalized spacial score (nSPS) is 11.7. The van der Waals surface area contributed by atoms with E-state index in [0.717, 1.165) is 5.69 Å². The number of hydrogen-bond acceptors (Lipinski definition) is 4. The SMILES string of the molecule is CNc1ncccc1C(=O)NC(C)c1ccccn1. The molecule has 5 heteroatoms. The molecule has 0 spiro atoms. The van der Waals surface area contributed by atoms with Gasteiger partial charge in [0.1, 0.15) is 5.82 Å². The first kappa shape index (κ1) is 13.0. The van der Waals surface area contributed by atoms with Gasteiger partial charge in [0.25, 0.3) is 5.91 Å². The summed E-state index contributed by atoms with van der Waals surface area (Å²) in [4.78, 5) is 20.5. The lowest BCUT2D eigenvalue weighted by atomic mass is 10.2. The van der Waals surface area contributed by atoms with E-state index in [0.29, 0.717) is 11.4 Å². The highest BCUT2D eigenvalue weighted by atomic mass is 16.1. The number of rotatable bonds is 4. The van der Waals surface area contributed by atoms with Crippen LogP contribution in [0.4, 0.5) is 5.82 Å². The quantitative estimate of drug-likeness (QED) is 0.878. The van der Waals surface area contributed by atoms with Gasteiger partial charge in [-0.15, -0.1) is 0 Å². The summed E-state index contributed by atoms with van der Waals surface area (Å²) in [6, 6.07) is 8.94. The van der Waals surface area contributed by atoms with E-state index < -0.39 is 0 Å². The van der Waals surface area contributed by atoms with Gasteiger partial charge in [0.15, 0.2) is 0 Å². The van der Waals surface area contributed by atoms with Crippen LogP contribution in [0.5, 0.6) is 0 Å². The number of amides is 1. The van der Waals surface area contributed by atoms with Crippen molar-refractivity contribution in [3.8, 4) is 0 Å². The Morgan fingerprint density at radius 3 is 2.63 bits per heavy atom. The molecule has 1 atom stereocenters. The van der Waals surface area contributed by atoms with E-state index in [2.05, 4.69) is 20.6 Å². The van der Waals surface area contributed by atoms with Crippen LogP contribution in [0.25, 0.3) is 0 Å². The number of carbonyl (C=O) groups is 1. The Labute approximate surface area is 112 Å². The zero-order chi connectivity index (χ0) is 13.7. The number of anilines is 1. The van der Waals surface area contributed by atoms with Gasteiger partial charge in [0, 0.05) is 19.4 Å². The number of nitrogens with one attached hydrogen (secondary N) is 2. The Morgan fingerprint density at radius 1 is 1.16 bits per heavy atom. The molecule has 0 radical (unpaired) electrons. The van der Waals surface area contributed by atoms with Crippen LogP contribution >= 0.6 is 0 Å². The summed E-state index contributed by atoms with van der Waals surface area (Å²) in [5.74, 6) is 0.392. The van der Waals surface area contributed by atoms with Crippen LogP contribution in [-0.4, -0.2) is 22.9 Å². The van der Waals surface area contributed by atoms with E-state index in [1.807, 2.05) is 25.1 Å². The van der Waals surface area contributed by atoms with Gasteiger partial charge in [-0.05, 0) is 31.2 Å². The third-order valence-electron chi connectivity index (χ3n) is 2.77. The number of aromatic nitrogens is 2. The highest BCUT2D eigenvalue weighted by Gasteiger charge is 2.15. The zero-order valence-electron chi connectivity index (χ0n) is 10.9. The predicted octanol–water partition coefficient (Wildman–Crippen LogP) is 2.01. The van der Waals surface area contributed by atoms with Crippen molar-refractivity contribution in [2.45, 2.75) is 13.0 Å². The Bertz CT molecular complexity index is 556. The molecule has 2 rings (SSSR count). The van der Waals surface area contributed by atoms with Gasteiger partial charge >= 0.3 is 0 Å². The van der Waals surface area contributed by atoms with Gasteiger partial charge in [-0.1, -0.05) is 6.07 Å².